The maximum absolute atomic E-state index is 12.0. The number of rotatable bonds is 8. The van der Waals surface area contributed by atoms with Crippen LogP contribution >= 0.6 is 0 Å². The number of carbonyl (C=O) groups is 2. The number of aliphatic carboxylic acids is 1. The number of piperazine rings is 1. The van der Waals surface area contributed by atoms with Crippen molar-refractivity contribution in [2.45, 2.75) is 52.5 Å². The van der Waals surface area contributed by atoms with Gasteiger partial charge in [-0.3, -0.25) is 14.5 Å². The summed E-state index contributed by atoms with van der Waals surface area (Å²) < 4.78 is 0. The monoisotopic (exact) mass is 284 g/mol. The van der Waals surface area contributed by atoms with Crippen molar-refractivity contribution in [3.63, 3.8) is 0 Å². The first-order valence-corrected chi connectivity index (χ1v) is 7.70. The first-order valence-electron chi connectivity index (χ1n) is 7.70. The van der Waals surface area contributed by atoms with Crippen molar-refractivity contribution >= 4 is 11.9 Å². The molecule has 5 nitrogen and oxygen atoms in total. The molecule has 0 saturated carbocycles. The maximum atomic E-state index is 12.0. The Morgan fingerprint density at radius 2 is 2.05 bits per heavy atom. The molecule has 1 N–H and O–H groups in total. The lowest BCUT2D eigenvalue weighted by Gasteiger charge is -2.38. The van der Waals surface area contributed by atoms with Crippen molar-refractivity contribution in [3.05, 3.63) is 0 Å². The van der Waals surface area contributed by atoms with E-state index in [0.29, 0.717) is 19.6 Å². The molecule has 116 valence electrons. The van der Waals surface area contributed by atoms with Gasteiger partial charge in [0.2, 0.25) is 5.91 Å². The van der Waals surface area contributed by atoms with E-state index in [-0.39, 0.29) is 12.5 Å². The van der Waals surface area contributed by atoms with E-state index >= 15 is 0 Å². The number of carboxylic acid groups (broad SMARTS) is 1. The fourth-order valence-corrected chi connectivity index (χ4v) is 2.62. The Balaban J connectivity index is 2.38. The summed E-state index contributed by atoms with van der Waals surface area (Å²) in [6.45, 7) is 8.18. The second-order valence-corrected chi connectivity index (χ2v) is 6.00. The van der Waals surface area contributed by atoms with Crippen LogP contribution in [0.1, 0.15) is 46.5 Å². The zero-order valence-corrected chi connectivity index (χ0v) is 13.0. The van der Waals surface area contributed by atoms with Gasteiger partial charge in [-0.25, -0.2) is 0 Å². The lowest BCUT2D eigenvalue weighted by atomic mass is 10.0. The molecule has 20 heavy (non-hydrogen) atoms. The van der Waals surface area contributed by atoms with Gasteiger partial charge in [-0.05, 0) is 18.9 Å². The number of hydrogen-bond donors (Lipinski definition) is 1. The molecule has 0 aromatic heterocycles. The summed E-state index contributed by atoms with van der Waals surface area (Å²) in [7, 11) is 0. The first-order chi connectivity index (χ1) is 9.45. The summed E-state index contributed by atoms with van der Waals surface area (Å²) in [6.07, 6.45) is 4.48. The molecule has 1 unspecified atom stereocenters. The third kappa shape index (κ3) is 5.12. The summed E-state index contributed by atoms with van der Waals surface area (Å²) in [5.74, 6) is -0.0431. The van der Waals surface area contributed by atoms with Crippen LogP contribution in [-0.4, -0.2) is 59.0 Å². The minimum Gasteiger partial charge on any atom is -0.480 e. The second-order valence-electron chi connectivity index (χ2n) is 6.00. The van der Waals surface area contributed by atoms with Gasteiger partial charge in [-0.1, -0.05) is 40.0 Å². The number of unbranched alkanes of at least 4 members (excludes halogenated alkanes) is 2. The van der Waals surface area contributed by atoms with Crippen molar-refractivity contribution < 1.29 is 14.7 Å². The molecule has 5 heteroatoms. The Morgan fingerprint density at radius 1 is 1.35 bits per heavy atom. The quantitative estimate of drug-likeness (QED) is 0.691. The Kier molecular flexibility index (Phi) is 6.99. The molecule has 1 amide bonds. The van der Waals surface area contributed by atoms with Crippen molar-refractivity contribution in [1.82, 2.24) is 9.80 Å². The SMILES string of the molecule is CCN1CC(=O)N(CCCCCC(C)C)CC1C(=O)O. The molecular weight excluding hydrogens is 256 g/mol. The molecule has 1 aliphatic rings. The topological polar surface area (TPSA) is 60.9 Å². The van der Waals surface area contributed by atoms with Crippen molar-refractivity contribution in [2.75, 3.05) is 26.2 Å². The van der Waals surface area contributed by atoms with E-state index in [0.717, 1.165) is 18.8 Å². The highest BCUT2D eigenvalue weighted by molar-refractivity contribution is 5.83. The summed E-state index contributed by atoms with van der Waals surface area (Å²) in [6, 6.07) is -0.548. The highest BCUT2D eigenvalue weighted by Crippen LogP contribution is 2.13. The van der Waals surface area contributed by atoms with Crippen LogP contribution < -0.4 is 0 Å². The zero-order chi connectivity index (χ0) is 15.1. The first kappa shape index (κ1) is 17.0. The predicted molar refractivity (Wildman–Crippen MR) is 78.6 cm³/mol. The number of hydrogen-bond acceptors (Lipinski definition) is 3. The van der Waals surface area contributed by atoms with E-state index in [1.165, 1.54) is 12.8 Å². The van der Waals surface area contributed by atoms with Crippen LogP contribution in [0.15, 0.2) is 0 Å². The van der Waals surface area contributed by atoms with E-state index in [2.05, 4.69) is 13.8 Å². The van der Waals surface area contributed by atoms with Gasteiger partial charge in [0.05, 0.1) is 6.54 Å². The van der Waals surface area contributed by atoms with Crippen LogP contribution in [0.5, 0.6) is 0 Å². The largest absolute Gasteiger partial charge is 0.480 e. The molecule has 0 aliphatic carbocycles. The Bertz CT molecular complexity index is 331. The van der Waals surface area contributed by atoms with Crippen LogP contribution in [0.3, 0.4) is 0 Å². The van der Waals surface area contributed by atoms with E-state index in [9.17, 15) is 14.7 Å². The molecule has 0 aromatic carbocycles. The highest BCUT2D eigenvalue weighted by Gasteiger charge is 2.35. The van der Waals surface area contributed by atoms with Crippen LogP contribution in [0, 0.1) is 5.92 Å². The minimum absolute atomic E-state index is 0.0632. The third-order valence-electron chi connectivity index (χ3n) is 3.93. The minimum atomic E-state index is -0.829. The van der Waals surface area contributed by atoms with Crippen molar-refractivity contribution in [2.24, 2.45) is 5.92 Å². The van der Waals surface area contributed by atoms with Gasteiger partial charge < -0.3 is 10.0 Å². The summed E-state index contributed by atoms with van der Waals surface area (Å²) in [5.41, 5.74) is 0. The second kappa shape index (κ2) is 8.25. The maximum Gasteiger partial charge on any atom is 0.322 e. The van der Waals surface area contributed by atoms with Crippen LogP contribution in [0.2, 0.25) is 0 Å². The van der Waals surface area contributed by atoms with E-state index < -0.39 is 12.0 Å². The number of likely N-dealkylation sites (N-methyl/N-ethyl adjacent to an activating group) is 1. The third-order valence-corrected chi connectivity index (χ3v) is 3.93. The average molecular weight is 284 g/mol. The molecule has 1 atom stereocenters. The lowest BCUT2D eigenvalue weighted by molar-refractivity contribution is -0.151. The molecular formula is C15H28N2O3. The van der Waals surface area contributed by atoms with E-state index in [1.807, 2.05) is 6.92 Å². The zero-order valence-electron chi connectivity index (χ0n) is 13.0. The van der Waals surface area contributed by atoms with Crippen molar-refractivity contribution in [1.29, 1.82) is 0 Å². The fraction of sp³-hybridized carbons (Fsp3) is 0.867. The highest BCUT2D eigenvalue weighted by atomic mass is 16.4. The van der Waals surface area contributed by atoms with E-state index in [4.69, 9.17) is 0 Å². The molecule has 1 rings (SSSR count). The van der Waals surface area contributed by atoms with Crippen LogP contribution in [0.25, 0.3) is 0 Å². The van der Waals surface area contributed by atoms with Gasteiger partial charge in [0.15, 0.2) is 0 Å². The number of amides is 1. The molecule has 0 bridgehead atoms. The van der Waals surface area contributed by atoms with Gasteiger partial charge in [-0.2, -0.15) is 0 Å². The van der Waals surface area contributed by atoms with Gasteiger partial charge in [-0.15, -0.1) is 0 Å². The fourth-order valence-electron chi connectivity index (χ4n) is 2.62. The predicted octanol–water partition coefficient (Wildman–Crippen LogP) is 1.82. The molecule has 1 aliphatic heterocycles. The molecule has 1 fully saturated rings. The number of nitrogens with zero attached hydrogens (tertiary/aromatic N) is 2. The number of carboxylic acids is 1. The summed E-state index contributed by atoms with van der Waals surface area (Å²) >= 11 is 0. The average Bonchev–Trinajstić information content (AvgIpc) is 2.38. The summed E-state index contributed by atoms with van der Waals surface area (Å²) in [4.78, 5) is 26.7. The molecule has 0 radical (unpaired) electrons. The Morgan fingerprint density at radius 3 is 2.60 bits per heavy atom. The molecule has 1 heterocycles. The molecule has 1 saturated heterocycles. The van der Waals surface area contributed by atoms with Gasteiger partial charge in [0.1, 0.15) is 6.04 Å². The van der Waals surface area contributed by atoms with Crippen molar-refractivity contribution in [3.8, 4) is 0 Å². The Hall–Kier alpha value is -1.10. The normalized spacial score (nSPS) is 20.7. The Labute approximate surface area is 121 Å². The van der Waals surface area contributed by atoms with Gasteiger partial charge in [0, 0.05) is 13.1 Å². The smallest absolute Gasteiger partial charge is 0.322 e. The van der Waals surface area contributed by atoms with Gasteiger partial charge >= 0.3 is 5.97 Å². The van der Waals surface area contributed by atoms with Crippen LogP contribution in [0.4, 0.5) is 0 Å². The molecule has 0 aromatic rings. The lowest BCUT2D eigenvalue weighted by Crippen LogP contribution is -2.58. The molecule has 0 spiro atoms. The number of carbonyl (C=O) groups excluding carboxylic acids is 1. The standard InChI is InChI=1S/C15H28N2O3/c1-4-16-11-14(18)17(10-13(16)15(19)20)9-7-5-6-8-12(2)3/h12-13H,4-11H2,1-3H3,(H,19,20). The summed E-state index contributed by atoms with van der Waals surface area (Å²) in [5, 5.41) is 9.23. The van der Waals surface area contributed by atoms with E-state index in [1.54, 1.807) is 9.80 Å². The van der Waals surface area contributed by atoms with Gasteiger partial charge in [0.25, 0.3) is 0 Å². The van der Waals surface area contributed by atoms with Crippen LogP contribution in [-0.2, 0) is 9.59 Å².